The molecule has 3 heteroatoms. The molecule has 2 aliphatic rings. The van der Waals surface area contributed by atoms with Crippen molar-refractivity contribution < 1.29 is 4.74 Å². The number of anilines is 1. The van der Waals surface area contributed by atoms with Gasteiger partial charge in [-0.2, -0.15) is 0 Å². The molecule has 108 valence electrons. The fraction of sp³-hybridized carbons (Fsp3) is 0.529. The quantitative estimate of drug-likeness (QED) is 0.793. The van der Waals surface area contributed by atoms with Crippen LogP contribution in [-0.2, 0) is 11.3 Å². The van der Waals surface area contributed by atoms with Gasteiger partial charge in [0.05, 0.1) is 6.61 Å². The van der Waals surface area contributed by atoms with Gasteiger partial charge in [0.1, 0.15) is 0 Å². The second-order valence-electron chi connectivity index (χ2n) is 6.08. The highest BCUT2D eigenvalue weighted by molar-refractivity contribution is 9.10. The number of ether oxygens (including phenoxy) is 1. The Bertz CT molecular complexity index is 514. The maximum absolute atomic E-state index is 5.32. The zero-order valence-corrected chi connectivity index (χ0v) is 13.7. The van der Waals surface area contributed by atoms with Crippen LogP contribution in [0.4, 0.5) is 5.69 Å². The van der Waals surface area contributed by atoms with Crippen molar-refractivity contribution in [2.24, 2.45) is 17.8 Å². The summed E-state index contributed by atoms with van der Waals surface area (Å²) in [6, 6.07) is 6.81. The largest absolute Gasteiger partial charge is 0.382 e. The average molecular weight is 336 g/mol. The minimum absolute atomic E-state index is 0.500. The monoisotopic (exact) mass is 335 g/mol. The summed E-state index contributed by atoms with van der Waals surface area (Å²) in [6.07, 6.45) is 7.53. The summed E-state index contributed by atoms with van der Waals surface area (Å²) in [7, 11) is 1.74. The second-order valence-corrected chi connectivity index (χ2v) is 6.93. The predicted octanol–water partition coefficient (Wildman–Crippen LogP) is 4.61. The Morgan fingerprint density at radius 3 is 2.85 bits per heavy atom. The van der Waals surface area contributed by atoms with Crippen LogP contribution in [0.3, 0.4) is 0 Å². The Kier molecular flexibility index (Phi) is 4.18. The number of hydrogen-bond donors (Lipinski definition) is 1. The molecular weight excluding hydrogens is 314 g/mol. The van der Waals surface area contributed by atoms with E-state index in [9.17, 15) is 0 Å². The maximum atomic E-state index is 5.32. The SMILES string of the molecule is COCc1c(Br)cccc1NC(C)C1CC2C=CC1C2. The third-order valence-electron chi connectivity index (χ3n) is 4.76. The number of allylic oxidation sites excluding steroid dienone is 2. The third kappa shape index (κ3) is 2.66. The molecule has 0 radical (unpaired) electrons. The maximum Gasteiger partial charge on any atom is 0.0744 e. The molecule has 1 saturated carbocycles. The van der Waals surface area contributed by atoms with Gasteiger partial charge in [0.2, 0.25) is 0 Å². The molecule has 0 saturated heterocycles. The van der Waals surface area contributed by atoms with Gasteiger partial charge >= 0.3 is 0 Å². The lowest BCUT2D eigenvalue weighted by Crippen LogP contribution is -2.29. The summed E-state index contributed by atoms with van der Waals surface area (Å²) in [4.78, 5) is 0. The molecule has 0 amide bonds. The number of nitrogens with one attached hydrogen (secondary N) is 1. The van der Waals surface area contributed by atoms with E-state index < -0.39 is 0 Å². The van der Waals surface area contributed by atoms with Crippen molar-refractivity contribution in [2.75, 3.05) is 12.4 Å². The molecule has 0 aliphatic heterocycles. The van der Waals surface area contributed by atoms with Gasteiger partial charge in [-0.1, -0.05) is 34.1 Å². The van der Waals surface area contributed by atoms with Crippen molar-refractivity contribution in [2.45, 2.75) is 32.4 Å². The first-order valence-corrected chi connectivity index (χ1v) is 8.19. The Hall–Kier alpha value is -0.800. The minimum Gasteiger partial charge on any atom is -0.382 e. The van der Waals surface area contributed by atoms with Gasteiger partial charge in [0.15, 0.2) is 0 Å². The summed E-state index contributed by atoms with van der Waals surface area (Å²) < 4.78 is 6.44. The molecule has 2 aliphatic carbocycles. The summed E-state index contributed by atoms with van der Waals surface area (Å²) in [6.45, 7) is 2.95. The molecule has 1 aromatic rings. The zero-order valence-electron chi connectivity index (χ0n) is 12.1. The summed E-state index contributed by atoms with van der Waals surface area (Å²) in [5.74, 6) is 2.37. The van der Waals surface area contributed by atoms with E-state index in [-0.39, 0.29) is 0 Å². The normalized spacial score (nSPS) is 28.9. The molecule has 0 heterocycles. The molecule has 1 N–H and O–H groups in total. The van der Waals surface area contributed by atoms with Gasteiger partial charge < -0.3 is 10.1 Å². The van der Waals surface area contributed by atoms with E-state index in [0.717, 1.165) is 22.2 Å². The van der Waals surface area contributed by atoms with Crippen molar-refractivity contribution in [3.63, 3.8) is 0 Å². The van der Waals surface area contributed by atoms with E-state index in [4.69, 9.17) is 4.74 Å². The molecule has 3 rings (SSSR count). The number of halogens is 1. The highest BCUT2D eigenvalue weighted by Crippen LogP contribution is 2.45. The van der Waals surface area contributed by atoms with Crippen LogP contribution < -0.4 is 5.32 Å². The Morgan fingerprint density at radius 1 is 1.35 bits per heavy atom. The number of hydrogen-bond acceptors (Lipinski definition) is 2. The van der Waals surface area contributed by atoms with Crippen LogP contribution in [0.2, 0.25) is 0 Å². The highest BCUT2D eigenvalue weighted by atomic mass is 79.9. The topological polar surface area (TPSA) is 21.3 Å². The standard InChI is InChI=1S/C17H22BrNO/c1-11(14-9-12-6-7-13(14)8-12)19-17-5-3-4-16(18)15(17)10-20-2/h3-7,11-14,19H,8-10H2,1-2H3. The summed E-state index contributed by atoms with van der Waals surface area (Å²) in [5, 5.41) is 3.72. The van der Waals surface area contributed by atoms with Gasteiger partial charge in [-0.05, 0) is 49.7 Å². The molecule has 4 unspecified atom stereocenters. The first-order chi connectivity index (χ1) is 9.69. The average Bonchev–Trinajstić information content (AvgIpc) is 3.05. The predicted molar refractivity (Wildman–Crippen MR) is 86.8 cm³/mol. The van der Waals surface area contributed by atoms with Crippen LogP contribution in [0, 0.1) is 17.8 Å². The van der Waals surface area contributed by atoms with E-state index >= 15 is 0 Å². The molecular formula is C17H22BrNO. The van der Waals surface area contributed by atoms with Crippen LogP contribution in [-0.4, -0.2) is 13.2 Å². The summed E-state index contributed by atoms with van der Waals surface area (Å²) >= 11 is 3.62. The molecule has 1 aromatic carbocycles. The van der Waals surface area contributed by atoms with E-state index in [2.05, 4.69) is 58.5 Å². The van der Waals surface area contributed by atoms with Crippen LogP contribution in [0.15, 0.2) is 34.8 Å². The lowest BCUT2D eigenvalue weighted by molar-refractivity contribution is 0.184. The lowest BCUT2D eigenvalue weighted by Gasteiger charge is -2.28. The fourth-order valence-corrected chi connectivity index (χ4v) is 4.22. The molecule has 0 spiro atoms. The Labute approximate surface area is 129 Å². The summed E-state index contributed by atoms with van der Waals surface area (Å²) in [5.41, 5.74) is 2.40. The van der Waals surface area contributed by atoms with Gasteiger partial charge in [0.25, 0.3) is 0 Å². The lowest BCUT2D eigenvalue weighted by atomic mass is 9.87. The first-order valence-electron chi connectivity index (χ1n) is 7.40. The van der Waals surface area contributed by atoms with Gasteiger partial charge in [-0.15, -0.1) is 0 Å². The highest BCUT2D eigenvalue weighted by Gasteiger charge is 2.38. The fourth-order valence-electron chi connectivity index (χ4n) is 3.74. The molecule has 4 atom stereocenters. The first kappa shape index (κ1) is 14.2. The van der Waals surface area contributed by atoms with Crippen LogP contribution in [0.1, 0.15) is 25.3 Å². The molecule has 2 bridgehead atoms. The molecule has 20 heavy (non-hydrogen) atoms. The van der Waals surface area contributed by atoms with Crippen molar-refractivity contribution >= 4 is 21.6 Å². The van der Waals surface area contributed by atoms with Crippen molar-refractivity contribution in [3.8, 4) is 0 Å². The van der Waals surface area contributed by atoms with E-state index in [1.165, 1.54) is 24.1 Å². The Balaban J connectivity index is 1.74. The van der Waals surface area contributed by atoms with Gasteiger partial charge in [0, 0.05) is 28.9 Å². The number of fused-ring (bicyclic) bond motifs is 2. The number of benzene rings is 1. The molecule has 0 aromatic heterocycles. The minimum atomic E-state index is 0.500. The van der Waals surface area contributed by atoms with Crippen LogP contribution in [0.5, 0.6) is 0 Å². The molecule has 2 nitrogen and oxygen atoms in total. The van der Waals surface area contributed by atoms with Gasteiger partial charge in [-0.25, -0.2) is 0 Å². The smallest absolute Gasteiger partial charge is 0.0744 e. The Morgan fingerprint density at radius 2 is 2.20 bits per heavy atom. The van der Waals surface area contributed by atoms with Crippen molar-refractivity contribution in [1.82, 2.24) is 0 Å². The van der Waals surface area contributed by atoms with E-state index in [1.807, 2.05) is 0 Å². The van der Waals surface area contributed by atoms with E-state index in [1.54, 1.807) is 7.11 Å². The van der Waals surface area contributed by atoms with Gasteiger partial charge in [-0.3, -0.25) is 0 Å². The molecule has 1 fully saturated rings. The number of rotatable bonds is 5. The van der Waals surface area contributed by atoms with Crippen molar-refractivity contribution in [3.05, 3.63) is 40.4 Å². The zero-order chi connectivity index (χ0) is 14.1. The number of methoxy groups -OCH3 is 1. The third-order valence-corrected chi connectivity index (χ3v) is 5.51. The van der Waals surface area contributed by atoms with E-state index in [0.29, 0.717) is 12.6 Å². The van der Waals surface area contributed by atoms with Crippen molar-refractivity contribution in [1.29, 1.82) is 0 Å². The second kappa shape index (κ2) is 5.90. The van der Waals surface area contributed by atoms with Crippen LogP contribution >= 0.6 is 15.9 Å². The van der Waals surface area contributed by atoms with Crippen LogP contribution in [0.25, 0.3) is 0 Å².